The van der Waals surface area contributed by atoms with Crippen LogP contribution in [-0.2, 0) is 14.4 Å². The molecule has 0 saturated carbocycles. The molecule has 0 spiro atoms. The molecule has 1 fully saturated rings. The van der Waals surface area contributed by atoms with E-state index < -0.39 is 17.7 Å². The standard InChI is InChI=1S/C25H20ClN3O5/c1-33-21-9-5-6-16(23(21)34-15-22(30)27-18-12-10-17(26)11-13-18)14-20-24(31)28-29(25(20)32)19-7-3-2-4-8-19/h2-14H,15H2,1H3,(H,27,30)(H,28,31)/b20-14-. The van der Waals surface area contributed by atoms with Crippen molar-refractivity contribution in [1.82, 2.24) is 5.43 Å². The van der Waals surface area contributed by atoms with Crippen molar-refractivity contribution in [2.75, 3.05) is 24.0 Å². The Bertz CT molecular complexity index is 1260. The normalized spacial score (nSPS) is 14.2. The molecule has 3 aromatic carbocycles. The summed E-state index contributed by atoms with van der Waals surface area (Å²) in [5.74, 6) is -0.896. The first-order valence-corrected chi connectivity index (χ1v) is 10.6. The van der Waals surface area contributed by atoms with Crippen LogP contribution in [0.3, 0.4) is 0 Å². The molecule has 0 bridgehead atoms. The largest absolute Gasteiger partial charge is 0.493 e. The molecule has 1 saturated heterocycles. The number of amides is 3. The fraction of sp³-hybridized carbons (Fsp3) is 0.0800. The molecule has 8 nitrogen and oxygen atoms in total. The lowest BCUT2D eigenvalue weighted by atomic mass is 10.1. The summed E-state index contributed by atoms with van der Waals surface area (Å²) < 4.78 is 11.1. The Labute approximate surface area is 200 Å². The number of anilines is 2. The van der Waals surface area contributed by atoms with Gasteiger partial charge in [-0.25, -0.2) is 5.01 Å². The molecular formula is C25H20ClN3O5. The molecule has 34 heavy (non-hydrogen) atoms. The number of para-hydroxylation sites is 2. The fourth-order valence-electron chi connectivity index (χ4n) is 3.30. The van der Waals surface area contributed by atoms with Gasteiger partial charge < -0.3 is 14.8 Å². The van der Waals surface area contributed by atoms with E-state index in [1.807, 2.05) is 6.07 Å². The van der Waals surface area contributed by atoms with Gasteiger partial charge in [-0.1, -0.05) is 41.9 Å². The van der Waals surface area contributed by atoms with Gasteiger partial charge in [-0.3, -0.25) is 19.8 Å². The Balaban J connectivity index is 1.55. The second-order valence-corrected chi connectivity index (χ2v) is 7.63. The fourth-order valence-corrected chi connectivity index (χ4v) is 3.43. The van der Waals surface area contributed by atoms with E-state index in [2.05, 4.69) is 10.7 Å². The van der Waals surface area contributed by atoms with Crippen LogP contribution in [0.1, 0.15) is 5.56 Å². The highest BCUT2D eigenvalue weighted by molar-refractivity contribution is 6.31. The lowest BCUT2D eigenvalue weighted by molar-refractivity contribution is -0.118. The quantitative estimate of drug-likeness (QED) is 0.398. The number of halogens is 1. The van der Waals surface area contributed by atoms with Crippen LogP contribution in [0.15, 0.2) is 78.4 Å². The number of hydrogen-bond acceptors (Lipinski definition) is 5. The number of methoxy groups -OCH3 is 1. The second-order valence-electron chi connectivity index (χ2n) is 7.20. The molecular weight excluding hydrogens is 458 g/mol. The molecule has 1 aliphatic rings. The summed E-state index contributed by atoms with van der Waals surface area (Å²) in [5, 5.41) is 4.43. The van der Waals surface area contributed by atoms with Gasteiger partial charge in [0.1, 0.15) is 5.57 Å². The lowest BCUT2D eigenvalue weighted by Gasteiger charge is -2.14. The van der Waals surface area contributed by atoms with Gasteiger partial charge in [-0.2, -0.15) is 0 Å². The molecule has 0 radical (unpaired) electrons. The van der Waals surface area contributed by atoms with Crippen LogP contribution >= 0.6 is 11.6 Å². The number of benzene rings is 3. The van der Waals surface area contributed by atoms with E-state index in [4.69, 9.17) is 21.1 Å². The van der Waals surface area contributed by atoms with Gasteiger partial charge in [0.25, 0.3) is 17.7 Å². The molecule has 0 atom stereocenters. The van der Waals surface area contributed by atoms with E-state index in [-0.39, 0.29) is 17.9 Å². The van der Waals surface area contributed by atoms with Gasteiger partial charge in [0, 0.05) is 16.3 Å². The van der Waals surface area contributed by atoms with Crippen molar-refractivity contribution in [3.8, 4) is 11.5 Å². The number of ether oxygens (including phenoxy) is 2. The van der Waals surface area contributed by atoms with Crippen molar-refractivity contribution >= 4 is 46.8 Å². The number of hydrazine groups is 1. The van der Waals surface area contributed by atoms with Crippen molar-refractivity contribution in [2.45, 2.75) is 0 Å². The Morgan fingerprint density at radius 3 is 2.47 bits per heavy atom. The number of carbonyl (C=O) groups excluding carboxylic acids is 3. The van der Waals surface area contributed by atoms with Gasteiger partial charge in [-0.15, -0.1) is 0 Å². The minimum atomic E-state index is -0.553. The number of nitrogens with zero attached hydrogens (tertiary/aromatic N) is 1. The van der Waals surface area contributed by atoms with Crippen molar-refractivity contribution in [3.63, 3.8) is 0 Å². The zero-order valence-corrected chi connectivity index (χ0v) is 18.8. The lowest BCUT2D eigenvalue weighted by Crippen LogP contribution is -2.35. The minimum Gasteiger partial charge on any atom is -0.493 e. The second kappa shape index (κ2) is 10.1. The number of hydrogen-bond donors (Lipinski definition) is 2. The summed E-state index contributed by atoms with van der Waals surface area (Å²) >= 11 is 5.86. The molecule has 4 rings (SSSR count). The van der Waals surface area contributed by atoms with E-state index in [1.165, 1.54) is 18.2 Å². The average Bonchev–Trinajstić information content (AvgIpc) is 3.13. The molecule has 0 aliphatic carbocycles. The highest BCUT2D eigenvalue weighted by Gasteiger charge is 2.34. The summed E-state index contributed by atoms with van der Waals surface area (Å²) in [5.41, 5.74) is 3.98. The maximum absolute atomic E-state index is 12.9. The number of rotatable bonds is 7. The van der Waals surface area contributed by atoms with E-state index in [1.54, 1.807) is 66.7 Å². The monoisotopic (exact) mass is 477 g/mol. The zero-order chi connectivity index (χ0) is 24.1. The smallest absolute Gasteiger partial charge is 0.282 e. The van der Waals surface area contributed by atoms with Gasteiger partial charge in [0.15, 0.2) is 18.1 Å². The van der Waals surface area contributed by atoms with Gasteiger partial charge in [-0.05, 0) is 48.5 Å². The first-order valence-electron chi connectivity index (χ1n) is 10.2. The van der Waals surface area contributed by atoms with Gasteiger partial charge in [0.2, 0.25) is 0 Å². The summed E-state index contributed by atoms with van der Waals surface area (Å²) in [6, 6.07) is 20.4. The maximum Gasteiger partial charge on any atom is 0.282 e. The Morgan fingerprint density at radius 2 is 1.76 bits per heavy atom. The predicted octanol–water partition coefficient (Wildman–Crippen LogP) is 3.83. The molecule has 1 heterocycles. The molecule has 2 N–H and O–H groups in total. The zero-order valence-electron chi connectivity index (χ0n) is 18.1. The molecule has 0 unspecified atom stereocenters. The van der Waals surface area contributed by atoms with E-state index >= 15 is 0 Å². The highest BCUT2D eigenvalue weighted by Crippen LogP contribution is 2.33. The summed E-state index contributed by atoms with van der Waals surface area (Å²) in [6.07, 6.45) is 1.41. The first kappa shape index (κ1) is 22.9. The Kier molecular flexibility index (Phi) is 6.79. The maximum atomic E-state index is 12.9. The van der Waals surface area contributed by atoms with Crippen LogP contribution in [0.5, 0.6) is 11.5 Å². The molecule has 9 heteroatoms. The van der Waals surface area contributed by atoms with Crippen molar-refractivity contribution in [3.05, 3.63) is 89.0 Å². The molecule has 3 amide bonds. The Hall–Kier alpha value is -4.30. The van der Waals surface area contributed by atoms with Crippen LogP contribution in [0.25, 0.3) is 6.08 Å². The molecule has 0 aromatic heterocycles. The predicted molar refractivity (Wildman–Crippen MR) is 129 cm³/mol. The van der Waals surface area contributed by atoms with Gasteiger partial charge >= 0.3 is 0 Å². The molecule has 3 aromatic rings. The third kappa shape index (κ3) is 5.02. The highest BCUT2D eigenvalue weighted by atomic mass is 35.5. The van der Waals surface area contributed by atoms with Gasteiger partial charge in [0.05, 0.1) is 12.8 Å². The SMILES string of the molecule is COc1cccc(/C=C2/C(=O)NN(c3ccccc3)C2=O)c1OCC(=O)Nc1ccc(Cl)cc1. The average molecular weight is 478 g/mol. The van der Waals surface area contributed by atoms with Crippen LogP contribution < -0.4 is 25.2 Å². The third-order valence-corrected chi connectivity index (χ3v) is 5.16. The van der Waals surface area contributed by atoms with E-state index in [9.17, 15) is 14.4 Å². The first-order chi connectivity index (χ1) is 16.5. The van der Waals surface area contributed by atoms with Crippen LogP contribution in [0.2, 0.25) is 5.02 Å². The molecule has 1 aliphatic heterocycles. The summed E-state index contributed by atoms with van der Waals surface area (Å²) in [4.78, 5) is 37.8. The topological polar surface area (TPSA) is 97.0 Å². The minimum absolute atomic E-state index is 0.0763. The van der Waals surface area contributed by atoms with E-state index in [0.29, 0.717) is 27.7 Å². The number of carbonyl (C=O) groups is 3. The van der Waals surface area contributed by atoms with Crippen LogP contribution in [-0.4, -0.2) is 31.4 Å². The summed E-state index contributed by atoms with van der Waals surface area (Å²) in [6.45, 7) is -0.324. The number of nitrogens with one attached hydrogen (secondary N) is 2. The van der Waals surface area contributed by atoms with Crippen molar-refractivity contribution < 1.29 is 23.9 Å². The van der Waals surface area contributed by atoms with Crippen molar-refractivity contribution in [2.24, 2.45) is 0 Å². The summed E-state index contributed by atoms with van der Waals surface area (Å²) in [7, 11) is 1.46. The third-order valence-electron chi connectivity index (χ3n) is 4.91. The van der Waals surface area contributed by atoms with Crippen molar-refractivity contribution in [1.29, 1.82) is 0 Å². The molecule has 172 valence electrons. The Morgan fingerprint density at radius 1 is 1.03 bits per heavy atom. The van der Waals surface area contributed by atoms with Crippen LogP contribution in [0, 0.1) is 0 Å². The van der Waals surface area contributed by atoms with Crippen LogP contribution in [0.4, 0.5) is 11.4 Å². The van der Waals surface area contributed by atoms with E-state index in [0.717, 1.165) is 0 Å².